The van der Waals surface area contributed by atoms with Crippen LogP contribution in [0.3, 0.4) is 0 Å². The van der Waals surface area contributed by atoms with Gasteiger partial charge in [0.1, 0.15) is 0 Å². The minimum atomic E-state index is -1.61. The molecule has 0 saturated carbocycles. The van der Waals surface area contributed by atoms with Crippen molar-refractivity contribution >= 4 is 40.8 Å². The highest BCUT2D eigenvalue weighted by atomic mass is 32.2. The number of aliphatic carboxylic acids is 3. The van der Waals surface area contributed by atoms with Crippen molar-refractivity contribution < 1.29 is 44.0 Å². The number of carboxylic acid groups (broad SMARTS) is 3. The van der Waals surface area contributed by atoms with Gasteiger partial charge in [0.05, 0.1) is 19.3 Å². The molecule has 0 aliphatic carbocycles. The van der Waals surface area contributed by atoms with Crippen molar-refractivity contribution in [2.45, 2.75) is 25.7 Å². The molecule has 0 aliphatic rings. The third-order valence-corrected chi connectivity index (χ3v) is 2.62. The molecule has 3 N–H and O–H groups in total. The topological polar surface area (TPSA) is 155 Å². The molecule has 0 atom stereocenters. The van der Waals surface area contributed by atoms with Crippen LogP contribution in [0.2, 0.25) is 0 Å². The highest BCUT2D eigenvalue weighted by molar-refractivity contribution is 8.16. The summed E-state index contributed by atoms with van der Waals surface area (Å²) in [4.78, 5) is 53.6. The smallest absolute Gasteiger partial charge is 0.372 e. The van der Waals surface area contributed by atoms with Gasteiger partial charge in [0.2, 0.25) is 5.76 Å². The van der Waals surface area contributed by atoms with E-state index in [2.05, 4.69) is 4.74 Å². The van der Waals surface area contributed by atoms with Crippen LogP contribution in [0.5, 0.6) is 0 Å². The second-order valence-corrected chi connectivity index (χ2v) is 4.47. The molecule has 0 bridgehead atoms. The second-order valence-electron chi connectivity index (χ2n) is 3.54. The maximum atomic E-state index is 11.2. The average Bonchev–Trinajstić information content (AvgIpc) is 2.38. The van der Waals surface area contributed by atoms with Gasteiger partial charge in [-0.3, -0.25) is 19.2 Å². The summed E-state index contributed by atoms with van der Waals surface area (Å²) < 4.78 is 4.41. The molecule has 0 unspecified atom stereocenters. The van der Waals surface area contributed by atoms with E-state index >= 15 is 0 Å². The quantitative estimate of drug-likeness (QED) is 0.309. The van der Waals surface area contributed by atoms with Crippen LogP contribution in [0.25, 0.3) is 0 Å². The molecule has 0 fully saturated rings. The first-order valence-electron chi connectivity index (χ1n) is 5.49. The van der Waals surface area contributed by atoms with E-state index in [1.807, 2.05) is 0 Å². The lowest BCUT2D eigenvalue weighted by Crippen LogP contribution is -2.12. The van der Waals surface area contributed by atoms with Crippen molar-refractivity contribution in [3.05, 3.63) is 11.2 Å². The minimum absolute atomic E-state index is 0.309. The van der Waals surface area contributed by atoms with Crippen LogP contribution in [-0.2, 0) is 28.7 Å². The lowest BCUT2D eigenvalue weighted by Gasteiger charge is -2.03. The molecule has 0 amide bonds. The molecular formula is C11H12O9S. The first kappa shape index (κ1) is 18.6. The third-order valence-electron chi connectivity index (χ3n) is 1.82. The Morgan fingerprint density at radius 3 is 1.86 bits per heavy atom. The number of ether oxygens (including phenoxy) is 1. The zero-order valence-electron chi connectivity index (χ0n) is 10.6. The Labute approximate surface area is 122 Å². The lowest BCUT2D eigenvalue weighted by atomic mass is 10.3. The fraction of sp³-hybridized carbons (Fsp3) is 0.364. The summed E-state index contributed by atoms with van der Waals surface area (Å²) in [6.07, 6.45) is -1.75. The van der Waals surface area contributed by atoms with Gasteiger partial charge in [0, 0.05) is 11.8 Å². The highest BCUT2D eigenvalue weighted by Crippen LogP contribution is 2.14. The van der Waals surface area contributed by atoms with Crippen molar-refractivity contribution in [1.29, 1.82) is 0 Å². The summed E-state index contributed by atoms with van der Waals surface area (Å²) in [5.74, 6) is -5.93. The molecule has 0 aromatic carbocycles. The standard InChI is InChI=1S/C11H12O9S/c12-7(13)1-3-9(16)20-6(11(18)19)5-21-10(17)4-2-8(14)15/h5H,1-4H2,(H,12,13)(H,14,15)(H,18,19). The summed E-state index contributed by atoms with van der Waals surface area (Å²) in [5.41, 5.74) is 0. The second kappa shape index (κ2) is 9.53. The van der Waals surface area contributed by atoms with Gasteiger partial charge in [0.15, 0.2) is 5.12 Å². The predicted octanol–water partition coefficient (Wildman–Crippen LogP) is 0.445. The average molecular weight is 320 g/mol. The number of hydrogen-bond acceptors (Lipinski definition) is 7. The number of thioether (sulfide) groups is 1. The maximum Gasteiger partial charge on any atom is 0.372 e. The molecule has 9 nitrogen and oxygen atoms in total. The van der Waals surface area contributed by atoms with E-state index in [1.54, 1.807) is 0 Å². The van der Waals surface area contributed by atoms with Crippen molar-refractivity contribution in [2.24, 2.45) is 0 Å². The van der Waals surface area contributed by atoms with Gasteiger partial charge in [-0.1, -0.05) is 11.8 Å². The van der Waals surface area contributed by atoms with E-state index in [-0.39, 0.29) is 6.42 Å². The Balaban J connectivity index is 4.46. The first-order chi connectivity index (χ1) is 9.72. The maximum absolute atomic E-state index is 11.2. The van der Waals surface area contributed by atoms with E-state index in [4.69, 9.17) is 15.3 Å². The van der Waals surface area contributed by atoms with Crippen LogP contribution in [0, 0.1) is 0 Å². The zero-order chi connectivity index (χ0) is 16.4. The Bertz CT molecular complexity index is 480. The van der Waals surface area contributed by atoms with E-state index in [9.17, 15) is 24.0 Å². The largest absolute Gasteiger partial charge is 0.481 e. The van der Waals surface area contributed by atoms with Gasteiger partial charge in [-0.05, 0) is 0 Å². The number of hydrogen-bond donors (Lipinski definition) is 3. The Morgan fingerprint density at radius 1 is 0.857 bits per heavy atom. The number of carbonyl (C=O) groups excluding carboxylic acids is 2. The van der Waals surface area contributed by atoms with Crippen molar-refractivity contribution in [3.8, 4) is 0 Å². The van der Waals surface area contributed by atoms with E-state index in [0.29, 0.717) is 11.8 Å². The number of rotatable bonds is 9. The molecule has 0 rings (SSSR count). The van der Waals surface area contributed by atoms with E-state index < -0.39 is 54.0 Å². The molecule has 0 aliphatic heterocycles. The molecule has 0 spiro atoms. The van der Waals surface area contributed by atoms with Crippen molar-refractivity contribution in [1.82, 2.24) is 0 Å². The van der Waals surface area contributed by atoms with Crippen molar-refractivity contribution in [2.75, 3.05) is 0 Å². The highest BCUT2D eigenvalue weighted by Gasteiger charge is 2.16. The third kappa shape index (κ3) is 10.1. The Kier molecular flexibility index (Phi) is 8.46. The molecular weight excluding hydrogens is 308 g/mol. The Hall–Kier alpha value is -2.36. The number of esters is 1. The minimum Gasteiger partial charge on any atom is -0.481 e. The zero-order valence-corrected chi connectivity index (χ0v) is 11.4. The SMILES string of the molecule is O=C(O)CCC(=O)OC(=CSC(=O)CCC(=O)O)C(=O)O. The molecule has 0 heterocycles. The molecule has 0 saturated heterocycles. The van der Waals surface area contributed by atoms with Crippen molar-refractivity contribution in [3.63, 3.8) is 0 Å². The molecule has 21 heavy (non-hydrogen) atoms. The van der Waals surface area contributed by atoms with Crippen LogP contribution >= 0.6 is 11.8 Å². The van der Waals surface area contributed by atoms with Gasteiger partial charge in [-0.2, -0.15) is 0 Å². The first-order valence-corrected chi connectivity index (χ1v) is 6.37. The van der Waals surface area contributed by atoms with Gasteiger partial charge in [0.25, 0.3) is 0 Å². The van der Waals surface area contributed by atoms with Crippen LogP contribution in [-0.4, -0.2) is 44.3 Å². The summed E-state index contributed by atoms with van der Waals surface area (Å²) in [5, 5.41) is 25.6. The van der Waals surface area contributed by atoms with E-state index in [0.717, 1.165) is 5.41 Å². The molecule has 0 aromatic heterocycles. The number of carbonyl (C=O) groups is 5. The van der Waals surface area contributed by atoms with Crippen LogP contribution < -0.4 is 0 Å². The predicted molar refractivity (Wildman–Crippen MR) is 68.1 cm³/mol. The number of carboxylic acids is 3. The molecule has 116 valence electrons. The fourth-order valence-electron chi connectivity index (χ4n) is 0.888. The van der Waals surface area contributed by atoms with Crippen LogP contribution in [0.1, 0.15) is 25.7 Å². The molecule has 10 heteroatoms. The Morgan fingerprint density at radius 2 is 1.38 bits per heavy atom. The summed E-state index contributed by atoms with van der Waals surface area (Å²) in [6.45, 7) is 0. The van der Waals surface area contributed by atoms with Gasteiger partial charge in [-0.15, -0.1) is 0 Å². The monoisotopic (exact) mass is 320 g/mol. The lowest BCUT2D eigenvalue weighted by molar-refractivity contribution is -0.149. The van der Waals surface area contributed by atoms with Gasteiger partial charge < -0.3 is 20.1 Å². The van der Waals surface area contributed by atoms with E-state index in [1.165, 1.54) is 0 Å². The summed E-state index contributed by atoms with van der Waals surface area (Å²) in [6, 6.07) is 0. The fourth-order valence-corrected chi connectivity index (χ4v) is 1.50. The summed E-state index contributed by atoms with van der Waals surface area (Å²) >= 11 is 0.383. The normalized spacial score (nSPS) is 10.8. The van der Waals surface area contributed by atoms with Crippen LogP contribution in [0.15, 0.2) is 11.2 Å². The summed E-state index contributed by atoms with van der Waals surface area (Å²) in [7, 11) is 0. The molecule has 0 radical (unpaired) electrons. The van der Waals surface area contributed by atoms with Gasteiger partial charge >= 0.3 is 23.9 Å². The molecule has 0 aromatic rings. The van der Waals surface area contributed by atoms with Crippen LogP contribution in [0.4, 0.5) is 0 Å². The van der Waals surface area contributed by atoms with Gasteiger partial charge in [-0.25, -0.2) is 4.79 Å².